The third-order valence-electron chi connectivity index (χ3n) is 3.46. The summed E-state index contributed by atoms with van der Waals surface area (Å²) in [6.07, 6.45) is 1.03. The van der Waals surface area contributed by atoms with Crippen molar-refractivity contribution < 1.29 is 4.79 Å². The molecule has 1 aliphatic rings. The Kier molecular flexibility index (Phi) is 4.73. The van der Waals surface area contributed by atoms with Crippen LogP contribution in [0, 0.1) is 5.92 Å². The van der Waals surface area contributed by atoms with Gasteiger partial charge in [-0.25, -0.2) is 0 Å². The summed E-state index contributed by atoms with van der Waals surface area (Å²) < 4.78 is 1.77. The minimum atomic E-state index is 0.0596. The smallest absolute Gasteiger partial charge is 0.255 e. The molecule has 1 aliphatic heterocycles. The summed E-state index contributed by atoms with van der Waals surface area (Å²) in [5.74, 6) is 1.03. The molecule has 0 radical (unpaired) electrons. The van der Waals surface area contributed by atoms with Gasteiger partial charge >= 0.3 is 0 Å². The molecule has 5 heteroatoms. The highest BCUT2D eigenvalue weighted by Crippen LogP contribution is 2.29. The number of likely N-dealkylation sites (tertiary alicyclic amines) is 1. The Hall–Kier alpha value is -0.0600. The second-order valence-electron chi connectivity index (χ2n) is 4.61. The van der Waals surface area contributed by atoms with Crippen molar-refractivity contribution in [1.82, 2.24) is 4.90 Å². The van der Waals surface area contributed by atoms with Crippen LogP contribution in [0.15, 0.2) is 27.1 Å². The third kappa shape index (κ3) is 2.75. The molecule has 1 heterocycles. The Balaban J connectivity index is 2.26. The average Bonchev–Trinajstić information content (AvgIpc) is 2.69. The number of halogens is 3. The predicted octanol–water partition coefficient (Wildman–Crippen LogP) is 4.30. The second kappa shape index (κ2) is 5.93. The van der Waals surface area contributed by atoms with Gasteiger partial charge in [0.15, 0.2) is 0 Å². The lowest BCUT2D eigenvalue weighted by Crippen LogP contribution is -2.38. The lowest BCUT2D eigenvalue weighted by Gasteiger charge is -2.25. The molecule has 1 fully saturated rings. The standard InChI is InChI=1S/C13H14Br2ClNO/c1-8-4-5-17(12(8)7-16)13(18)10-3-2-9(14)6-11(10)15/h2-3,6,8,12H,4-5,7H2,1H3. The van der Waals surface area contributed by atoms with Gasteiger partial charge in [0.05, 0.1) is 5.56 Å². The molecule has 1 saturated heterocycles. The van der Waals surface area contributed by atoms with Crippen molar-refractivity contribution in [3.8, 4) is 0 Å². The summed E-state index contributed by atoms with van der Waals surface area (Å²) in [5.41, 5.74) is 0.697. The second-order valence-corrected chi connectivity index (χ2v) is 6.69. The molecular weight excluding hydrogens is 381 g/mol. The zero-order valence-electron chi connectivity index (χ0n) is 10.00. The van der Waals surface area contributed by atoms with E-state index in [1.807, 2.05) is 23.1 Å². The third-order valence-corrected chi connectivity index (χ3v) is 4.93. The van der Waals surface area contributed by atoms with Gasteiger partial charge in [-0.3, -0.25) is 4.79 Å². The zero-order valence-corrected chi connectivity index (χ0v) is 13.9. The van der Waals surface area contributed by atoms with Crippen molar-refractivity contribution in [3.05, 3.63) is 32.7 Å². The summed E-state index contributed by atoms with van der Waals surface area (Å²) in [5, 5.41) is 0. The van der Waals surface area contributed by atoms with Gasteiger partial charge in [0.1, 0.15) is 0 Å². The van der Waals surface area contributed by atoms with Gasteiger partial charge < -0.3 is 4.90 Å². The molecule has 0 N–H and O–H groups in total. The number of rotatable bonds is 2. The van der Waals surface area contributed by atoms with Crippen LogP contribution < -0.4 is 0 Å². The number of carbonyl (C=O) groups is 1. The van der Waals surface area contributed by atoms with Crippen molar-refractivity contribution in [2.24, 2.45) is 5.92 Å². The molecule has 18 heavy (non-hydrogen) atoms. The van der Waals surface area contributed by atoms with Gasteiger partial charge in [-0.05, 0) is 46.5 Å². The SMILES string of the molecule is CC1CCN(C(=O)c2ccc(Br)cc2Br)C1CCl. The maximum atomic E-state index is 12.5. The highest BCUT2D eigenvalue weighted by molar-refractivity contribution is 9.11. The molecule has 2 atom stereocenters. The van der Waals surface area contributed by atoms with Crippen LogP contribution in [-0.2, 0) is 0 Å². The molecule has 2 nitrogen and oxygen atoms in total. The lowest BCUT2D eigenvalue weighted by molar-refractivity contribution is 0.0736. The molecule has 1 aromatic rings. The Labute approximate surface area is 129 Å². The number of nitrogens with zero attached hydrogens (tertiary/aromatic N) is 1. The molecule has 2 unspecified atom stereocenters. The van der Waals surface area contributed by atoms with Gasteiger partial charge in [0.25, 0.3) is 5.91 Å². The molecule has 2 rings (SSSR count). The van der Waals surface area contributed by atoms with Crippen LogP contribution in [0.1, 0.15) is 23.7 Å². The zero-order chi connectivity index (χ0) is 13.3. The molecule has 0 saturated carbocycles. The lowest BCUT2D eigenvalue weighted by atomic mass is 10.0. The Morgan fingerprint density at radius 1 is 1.50 bits per heavy atom. The molecule has 98 valence electrons. The van der Waals surface area contributed by atoms with Crippen molar-refractivity contribution in [2.75, 3.05) is 12.4 Å². The summed E-state index contributed by atoms with van der Waals surface area (Å²) in [4.78, 5) is 14.4. The predicted molar refractivity (Wildman–Crippen MR) is 81.2 cm³/mol. The van der Waals surface area contributed by atoms with Gasteiger partial charge in [-0.1, -0.05) is 22.9 Å². The van der Waals surface area contributed by atoms with Gasteiger partial charge in [-0.2, -0.15) is 0 Å². The van der Waals surface area contributed by atoms with E-state index in [1.165, 1.54) is 0 Å². The van der Waals surface area contributed by atoms with E-state index in [1.54, 1.807) is 0 Å². The molecule has 1 amide bonds. The van der Waals surface area contributed by atoms with E-state index in [0.717, 1.165) is 21.9 Å². The fourth-order valence-electron chi connectivity index (χ4n) is 2.31. The summed E-state index contributed by atoms with van der Waals surface area (Å²) in [7, 11) is 0. The van der Waals surface area contributed by atoms with Crippen LogP contribution in [0.3, 0.4) is 0 Å². The van der Waals surface area contributed by atoms with Crippen LogP contribution >= 0.6 is 43.5 Å². The normalized spacial score (nSPS) is 23.4. The Bertz CT molecular complexity index is 466. The fraction of sp³-hybridized carbons (Fsp3) is 0.462. The first-order valence-electron chi connectivity index (χ1n) is 5.86. The van der Waals surface area contributed by atoms with E-state index in [4.69, 9.17) is 11.6 Å². The summed E-state index contributed by atoms with van der Waals surface area (Å²) in [6, 6.07) is 5.76. The van der Waals surface area contributed by atoms with Gasteiger partial charge in [0.2, 0.25) is 0 Å². The van der Waals surface area contributed by atoms with Gasteiger partial charge in [0, 0.05) is 27.4 Å². The number of hydrogen-bond acceptors (Lipinski definition) is 1. The van der Waals surface area contributed by atoms with Crippen molar-refractivity contribution in [1.29, 1.82) is 0 Å². The number of benzene rings is 1. The average molecular weight is 396 g/mol. The molecule has 0 aliphatic carbocycles. The van der Waals surface area contributed by atoms with Crippen molar-refractivity contribution in [3.63, 3.8) is 0 Å². The first-order chi connectivity index (χ1) is 8.54. The summed E-state index contributed by atoms with van der Waals surface area (Å²) >= 11 is 12.8. The van der Waals surface area contributed by atoms with Crippen LogP contribution in [0.5, 0.6) is 0 Å². The first kappa shape index (κ1) is 14.4. The number of carbonyl (C=O) groups excluding carboxylic acids is 1. The van der Waals surface area contributed by atoms with Crippen molar-refractivity contribution in [2.45, 2.75) is 19.4 Å². The maximum Gasteiger partial charge on any atom is 0.255 e. The minimum Gasteiger partial charge on any atom is -0.334 e. The van der Waals surface area contributed by atoms with E-state index < -0.39 is 0 Å². The summed E-state index contributed by atoms with van der Waals surface area (Å²) in [6.45, 7) is 2.94. The molecule has 0 spiro atoms. The van der Waals surface area contributed by atoms with Crippen LogP contribution in [-0.4, -0.2) is 29.3 Å². The van der Waals surface area contributed by atoms with E-state index >= 15 is 0 Å². The number of alkyl halides is 1. The molecule has 0 bridgehead atoms. The fourth-order valence-corrected chi connectivity index (χ4v) is 4.00. The Morgan fingerprint density at radius 2 is 2.22 bits per heavy atom. The quantitative estimate of drug-likeness (QED) is 0.684. The van der Waals surface area contributed by atoms with Crippen LogP contribution in [0.2, 0.25) is 0 Å². The first-order valence-corrected chi connectivity index (χ1v) is 7.98. The largest absolute Gasteiger partial charge is 0.334 e. The van der Waals surface area contributed by atoms with Crippen molar-refractivity contribution >= 4 is 49.4 Å². The molecular formula is C13H14Br2ClNO. The van der Waals surface area contributed by atoms with E-state index in [9.17, 15) is 4.79 Å². The highest BCUT2D eigenvalue weighted by atomic mass is 79.9. The topological polar surface area (TPSA) is 20.3 Å². The Morgan fingerprint density at radius 3 is 2.83 bits per heavy atom. The minimum absolute atomic E-state index is 0.0596. The van der Waals surface area contributed by atoms with E-state index in [2.05, 4.69) is 38.8 Å². The number of hydrogen-bond donors (Lipinski definition) is 0. The highest BCUT2D eigenvalue weighted by Gasteiger charge is 2.34. The maximum absolute atomic E-state index is 12.5. The monoisotopic (exact) mass is 393 g/mol. The van der Waals surface area contributed by atoms with E-state index in [-0.39, 0.29) is 11.9 Å². The molecule has 1 aromatic carbocycles. The van der Waals surface area contributed by atoms with Crippen LogP contribution in [0.4, 0.5) is 0 Å². The van der Waals surface area contributed by atoms with Gasteiger partial charge in [-0.15, -0.1) is 11.6 Å². The number of amides is 1. The molecule has 0 aromatic heterocycles. The van der Waals surface area contributed by atoms with E-state index in [0.29, 0.717) is 17.4 Å². The van der Waals surface area contributed by atoms with Crippen LogP contribution in [0.25, 0.3) is 0 Å².